The Morgan fingerprint density at radius 3 is 2.91 bits per heavy atom. The molecule has 2 N–H and O–H groups in total. The topological polar surface area (TPSA) is 32.3 Å². The van der Waals surface area contributed by atoms with Gasteiger partial charge in [0.2, 0.25) is 0 Å². The van der Waals surface area contributed by atoms with Crippen molar-refractivity contribution in [3.8, 4) is 0 Å². The number of nitrogens with one attached hydrogen (secondary N) is 1. The average Bonchev–Trinajstić information content (AvgIpc) is 2.47. The summed E-state index contributed by atoms with van der Waals surface area (Å²) in [5.41, 5.74) is 0. The Bertz CT molecular complexity index is 132. The van der Waals surface area contributed by atoms with Crippen LogP contribution >= 0.6 is 0 Å². The summed E-state index contributed by atoms with van der Waals surface area (Å²) in [4.78, 5) is 0. The third kappa shape index (κ3) is 1.30. The maximum atomic E-state index is 9.06. The first-order valence-electron chi connectivity index (χ1n) is 4.76. The summed E-state index contributed by atoms with van der Waals surface area (Å²) in [5, 5.41) is 12.6. The van der Waals surface area contributed by atoms with E-state index in [1.807, 2.05) is 0 Å². The van der Waals surface area contributed by atoms with E-state index in [0.29, 0.717) is 12.5 Å². The van der Waals surface area contributed by atoms with Crippen LogP contribution in [0.2, 0.25) is 0 Å². The predicted octanol–water partition coefficient (Wildman–Crippen LogP) is 0.757. The van der Waals surface area contributed by atoms with Crippen LogP contribution in [0, 0.1) is 11.8 Å². The second-order valence-electron chi connectivity index (χ2n) is 3.91. The lowest BCUT2D eigenvalue weighted by Gasteiger charge is -2.27. The minimum Gasteiger partial charge on any atom is -0.396 e. The summed E-state index contributed by atoms with van der Waals surface area (Å²) in [6, 6.07) is 0.737. The first-order valence-corrected chi connectivity index (χ1v) is 4.76. The summed E-state index contributed by atoms with van der Waals surface area (Å²) in [6.07, 6.45) is 5.43. The Labute approximate surface area is 68.0 Å². The first-order chi connectivity index (χ1) is 5.42. The molecule has 1 saturated carbocycles. The van der Waals surface area contributed by atoms with Crippen LogP contribution in [0.25, 0.3) is 0 Å². The fourth-order valence-corrected chi connectivity index (χ4v) is 2.63. The fourth-order valence-electron chi connectivity index (χ4n) is 2.63. The van der Waals surface area contributed by atoms with Crippen molar-refractivity contribution in [1.29, 1.82) is 0 Å². The third-order valence-corrected chi connectivity index (χ3v) is 3.30. The highest BCUT2D eigenvalue weighted by molar-refractivity contribution is 4.92. The highest BCUT2D eigenvalue weighted by Crippen LogP contribution is 2.33. The molecule has 2 nitrogen and oxygen atoms in total. The number of aliphatic hydroxyl groups is 1. The molecule has 3 atom stereocenters. The quantitative estimate of drug-likeness (QED) is 0.586. The zero-order valence-electron chi connectivity index (χ0n) is 6.92. The standard InChI is InChI=1S/C9H17NO/c11-6-7-5-10-9-4-2-1-3-8(7)9/h7-11H,1-6H2. The van der Waals surface area contributed by atoms with Crippen molar-refractivity contribution in [2.45, 2.75) is 31.7 Å². The van der Waals surface area contributed by atoms with Crippen molar-refractivity contribution in [2.75, 3.05) is 13.2 Å². The third-order valence-electron chi connectivity index (χ3n) is 3.30. The monoisotopic (exact) mass is 155 g/mol. The van der Waals surface area contributed by atoms with Gasteiger partial charge in [0, 0.05) is 19.2 Å². The van der Waals surface area contributed by atoms with Crippen LogP contribution in [0.3, 0.4) is 0 Å². The van der Waals surface area contributed by atoms with Gasteiger partial charge in [-0.25, -0.2) is 0 Å². The van der Waals surface area contributed by atoms with E-state index in [0.717, 1.165) is 18.5 Å². The summed E-state index contributed by atoms with van der Waals surface area (Å²) in [5.74, 6) is 1.34. The molecule has 0 spiro atoms. The van der Waals surface area contributed by atoms with Crippen molar-refractivity contribution in [1.82, 2.24) is 5.32 Å². The molecule has 0 aromatic carbocycles. The maximum Gasteiger partial charge on any atom is 0.0474 e. The summed E-state index contributed by atoms with van der Waals surface area (Å²) < 4.78 is 0. The van der Waals surface area contributed by atoms with Gasteiger partial charge < -0.3 is 10.4 Å². The van der Waals surface area contributed by atoms with E-state index in [2.05, 4.69) is 5.32 Å². The minimum atomic E-state index is 0.383. The molecule has 0 aromatic rings. The van der Waals surface area contributed by atoms with Gasteiger partial charge in [0.25, 0.3) is 0 Å². The molecule has 1 aliphatic carbocycles. The molecule has 2 rings (SSSR count). The van der Waals surface area contributed by atoms with E-state index < -0.39 is 0 Å². The molecule has 0 aromatic heterocycles. The lowest BCUT2D eigenvalue weighted by atomic mass is 9.80. The Morgan fingerprint density at radius 1 is 1.27 bits per heavy atom. The van der Waals surface area contributed by atoms with Crippen LogP contribution in [0.1, 0.15) is 25.7 Å². The minimum absolute atomic E-state index is 0.383. The Morgan fingerprint density at radius 2 is 2.09 bits per heavy atom. The molecule has 1 aliphatic heterocycles. The zero-order valence-corrected chi connectivity index (χ0v) is 6.92. The van der Waals surface area contributed by atoms with Gasteiger partial charge in [-0.1, -0.05) is 12.8 Å². The predicted molar refractivity (Wildman–Crippen MR) is 44.3 cm³/mol. The van der Waals surface area contributed by atoms with Crippen molar-refractivity contribution >= 4 is 0 Å². The van der Waals surface area contributed by atoms with Gasteiger partial charge in [-0.05, 0) is 24.7 Å². The Balaban J connectivity index is 1.98. The lowest BCUT2D eigenvalue weighted by Crippen LogP contribution is -2.30. The largest absolute Gasteiger partial charge is 0.396 e. The molecular formula is C9H17NO. The van der Waals surface area contributed by atoms with E-state index >= 15 is 0 Å². The molecular weight excluding hydrogens is 138 g/mol. The molecule has 3 unspecified atom stereocenters. The number of hydrogen-bond donors (Lipinski definition) is 2. The lowest BCUT2D eigenvalue weighted by molar-refractivity contribution is 0.176. The van der Waals surface area contributed by atoms with Crippen LogP contribution in [-0.2, 0) is 0 Å². The molecule has 64 valence electrons. The molecule has 0 radical (unpaired) electrons. The van der Waals surface area contributed by atoms with E-state index in [1.165, 1.54) is 25.7 Å². The SMILES string of the molecule is OCC1CNC2CCCCC12. The zero-order chi connectivity index (χ0) is 7.68. The second kappa shape index (κ2) is 3.11. The Kier molecular flexibility index (Phi) is 2.14. The van der Waals surface area contributed by atoms with E-state index in [9.17, 15) is 0 Å². The van der Waals surface area contributed by atoms with Gasteiger partial charge in [0.05, 0.1) is 0 Å². The maximum absolute atomic E-state index is 9.06. The Hall–Kier alpha value is -0.0800. The molecule has 0 amide bonds. The fraction of sp³-hybridized carbons (Fsp3) is 1.00. The summed E-state index contributed by atoms with van der Waals surface area (Å²) in [6.45, 7) is 1.43. The van der Waals surface area contributed by atoms with Crippen LogP contribution in [-0.4, -0.2) is 24.3 Å². The van der Waals surface area contributed by atoms with E-state index in [4.69, 9.17) is 5.11 Å². The second-order valence-corrected chi connectivity index (χ2v) is 3.91. The van der Waals surface area contributed by atoms with Crippen molar-refractivity contribution in [2.24, 2.45) is 11.8 Å². The average molecular weight is 155 g/mol. The molecule has 0 bridgehead atoms. The van der Waals surface area contributed by atoms with Gasteiger partial charge in [0.1, 0.15) is 0 Å². The van der Waals surface area contributed by atoms with Crippen LogP contribution < -0.4 is 5.32 Å². The van der Waals surface area contributed by atoms with Gasteiger partial charge >= 0.3 is 0 Å². The molecule has 1 heterocycles. The highest BCUT2D eigenvalue weighted by Gasteiger charge is 2.36. The summed E-state index contributed by atoms with van der Waals surface area (Å²) >= 11 is 0. The van der Waals surface area contributed by atoms with E-state index in [-0.39, 0.29) is 0 Å². The van der Waals surface area contributed by atoms with Gasteiger partial charge in [-0.3, -0.25) is 0 Å². The van der Waals surface area contributed by atoms with Crippen molar-refractivity contribution in [3.05, 3.63) is 0 Å². The highest BCUT2D eigenvalue weighted by atomic mass is 16.3. The molecule has 1 saturated heterocycles. The van der Waals surface area contributed by atoms with Crippen LogP contribution in [0.15, 0.2) is 0 Å². The van der Waals surface area contributed by atoms with Crippen LogP contribution in [0.4, 0.5) is 0 Å². The molecule has 2 fully saturated rings. The van der Waals surface area contributed by atoms with E-state index in [1.54, 1.807) is 0 Å². The number of rotatable bonds is 1. The smallest absolute Gasteiger partial charge is 0.0474 e. The number of aliphatic hydroxyl groups excluding tert-OH is 1. The summed E-state index contributed by atoms with van der Waals surface area (Å²) in [7, 11) is 0. The molecule has 2 heteroatoms. The van der Waals surface area contributed by atoms with Gasteiger partial charge in [-0.2, -0.15) is 0 Å². The van der Waals surface area contributed by atoms with Crippen molar-refractivity contribution in [3.63, 3.8) is 0 Å². The van der Waals surface area contributed by atoms with Gasteiger partial charge in [-0.15, -0.1) is 0 Å². The molecule has 11 heavy (non-hydrogen) atoms. The van der Waals surface area contributed by atoms with Crippen LogP contribution in [0.5, 0.6) is 0 Å². The first kappa shape index (κ1) is 7.56. The number of fused-ring (bicyclic) bond motifs is 1. The molecule has 2 aliphatic rings. The number of hydrogen-bond acceptors (Lipinski definition) is 2. The van der Waals surface area contributed by atoms with Gasteiger partial charge in [0.15, 0.2) is 0 Å². The normalized spacial score (nSPS) is 43.9. The van der Waals surface area contributed by atoms with Crippen molar-refractivity contribution < 1.29 is 5.11 Å².